The third-order valence-electron chi connectivity index (χ3n) is 4.51. The Morgan fingerprint density at radius 2 is 1.96 bits per heavy atom. The van der Waals surface area contributed by atoms with Gasteiger partial charge in [0, 0.05) is 42.5 Å². The number of carbonyl (C=O) groups is 1. The molecule has 0 bridgehead atoms. The lowest BCUT2D eigenvalue weighted by Gasteiger charge is -2.35. The second-order valence-corrected chi connectivity index (χ2v) is 6.78. The first-order valence-electron chi connectivity index (χ1n) is 8.41. The van der Waals surface area contributed by atoms with Crippen molar-refractivity contribution in [2.75, 3.05) is 18.0 Å². The fourth-order valence-corrected chi connectivity index (χ4v) is 3.29. The van der Waals surface area contributed by atoms with Crippen LogP contribution >= 0.6 is 0 Å². The monoisotopic (exact) mass is 356 g/mol. The number of hydrogen-bond donors (Lipinski definition) is 1. The van der Waals surface area contributed by atoms with Crippen molar-refractivity contribution in [3.63, 3.8) is 0 Å². The van der Waals surface area contributed by atoms with E-state index in [1.165, 1.54) is 12.1 Å². The van der Waals surface area contributed by atoms with E-state index in [0.29, 0.717) is 30.2 Å². The molecule has 0 radical (unpaired) electrons. The topological polar surface area (TPSA) is 109 Å². The lowest BCUT2D eigenvalue weighted by Crippen LogP contribution is -2.43. The van der Waals surface area contributed by atoms with Crippen LogP contribution in [0, 0.1) is 28.9 Å². The van der Waals surface area contributed by atoms with E-state index in [1.807, 2.05) is 24.8 Å². The summed E-state index contributed by atoms with van der Waals surface area (Å²) < 4.78 is 0. The molecule has 1 aromatic carbocycles. The smallest absolute Gasteiger partial charge is 0.308 e. The van der Waals surface area contributed by atoms with Crippen LogP contribution < -0.4 is 4.90 Å². The van der Waals surface area contributed by atoms with E-state index in [4.69, 9.17) is 0 Å². The van der Waals surface area contributed by atoms with Gasteiger partial charge in [-0.1, -0.05) is 6.92 Å². The molecule has 2 heterocycles. The molecule has 26 heavy (non-hydrogen) atoms. The average Bonchev–Trinajstić information content (AvgIpc) is 2.60. The van der Waals surface area contributed by atoms with Gasteiger partial charge in [0.25, 0.3) is 5.69 Å². The molecule has 1 aromatic heterocycles. The standard InChI is InChI=1S/C18H20N4O4/c1-11-7-14(18(23)24)10-21(9-11)16-8-12(2)19-17(20-16)13-3-5-15(6-4-13)22(25)26/h3-6,8,11,14H,7,9-10H2,1-2H3,(H,23,24). The molecule has 0 amide bonds. The van der Waals surface area contributed by atoms with Crippen LogP contribution in [0.2, 0.25) is 0 Å². The van der Waals surface area contributed by atoms with Gasteiger partial charge in [-0.05, 0) is 31.4 Å². The van der Waals surface area contributed by atoms with Crippen molar-refractivity contribution in [2.45, 2.75) is 20.3 Å². The van der Waals surface area contributed by atoms with Crippen LogP contribution in [0.15, 0.2) is 30.3 Å². The molecule has 8 nitrogen and oxygen atoms in total. The molecule has 2 aromatic rings. The summed E-state index contributed by atoms with van der Waals surface area (Å²) in [5, 5.41) is 20.2. The first-order chi connectivity index (χ1) is 12.3. The summed E-state index contributed by atoms with van der Waals surface area (Å²) in [6, 6.07) is 7.92. The fourth-order valence-electron chi connectivity index (χ4n) is 3.29. The zero-order valence-corrected chi connectivity index (χ0v) is 14.6. The van der Waals surface area contributed by atoms with Crippen molar-refractivity contribution in [1.29, 1.82) is 0 Å². The van der Waals surface area contributed by atoms with Gasteiger partial charge >= 0.3 is 5.97 Å². The van der Waals surface area contributed by atoms with E-state index < -0.39 is 16.8 Å². The second-order valence-electron chi connectivity index (χ2n) is 6.78. The minimum Gasteiger partial charge on any atom is -0.481 e. The highest BCUT2D eigenvalue weighted by Gasteiger charge is 2.30. The molecule has 0 aliphatic carbocycles. The van der Waals surface area contributed by atoms with Gasteiger partial charge in [0.15, 0.2) is 5.82 Å². The van der Waals surface area contributed by atoms with Gasteiger partial charge in [-0.25, -0.2) is 9.97 Å². The van der Waals surface area contributed by atoms with Crippen molar-refractivity contribution in [2.24, 2.45) is 11.8 Å². The van der Waals surface area contributed by atoms with Crippen molar-refractivity contribution < 1.29 is 14.8 Å². The summed E-state index contributed by atoms with van der Waals surface area (Å²) >= 11 is 0. The number of nitro benzene ring substituents is 1. The molecule has 1 fully saturated rings. The van der Waals surface area contributed by atoms with E-state index in [0.717, 1.165) is 12.2 Å². The van der Waals surface area contributed by atoms with Crippen molar-refractivity contribution in [3.05, 3.63) is 46.1 Å². The molecule has 1 N–H and O–H groups in total. The molecule has 2 atom stereocenters. The quantitative estimate of drug-likeness (QED) is 0.662. The zero-order chi connectivity index (χ0) is 18.8. The second kappa shape index (κ2) is 7.07. The molecule has 136 valence electrons. The van der Waals surface area contributed by atoms with Crippen LogP contribution in [-0.4, -0.2) is 39.1 Å². The molecule has 2 unspecified atom stereocenters. The number of non-ortho nitro benzene ring substituents is 1. The summed E-state index contributed by atoms with van der Waals surface area (Å²) in [6.07, 6.45) is 0.658. The minimum absolute atomic E-state index is 0.00998. The highest BCUT2D eigenvalue weighted by atomic mass is 16.6. The third-order valence-corrected chi connectivity index (χ3v) is 4.51. The lowest BCUT2D eigenvalue weighted by molar-refractivity contribution is -0.384. The Morgan fingerprint density at radius 1 is 1.27 bits per heavy atom. The van der Waals surface area contributed by atoms with Gasteiger partial charge in [0.2, 0.25) is 0 Å². The van der Waals surface area contributed by atoms with E-state index >= 15 is 0 Å². The Hall–Kier alpha value is -3.03. The van der Waals surface area contributed by atoms with Crippen LogP contribution in [0.3, 0.4) is 0 Å². The van der Waals surface area contributed by atoms with Crippen molar-refractivity contribution >= 4 is 17.5 Å². The Labute approximate surface area is 150 Å². The van der Waals surface area contributed by atoms with Crippen LogP contribution in [0.5, 0.6) is 0 Å². The predicted octanol–water partition coefficient (Wildman–Crippen LogP) is 2.91. The number of aromatic nitrogens is 2. The van der Waals surface area contributed by atoms with E-state index in [-0.39, 0.29) is 11.6 Å². The normalized spacial score (nSPS) is 20.0. The van der Waals surface area contributed by atoms with Gasteiger partial charge in [-0.15, -0.1) is 0 Å². The Bertz CT molecular complexity index is 838. The first kappa shape index (κ1) is 17.8. The number of piperidine rings is 1. The maximum Gasteiger partial charge on any atom is 0.308 e. The molecule has 8 heteroatoms. The van der Waals surface area contributed by atoms with Gasteiger partial charge < -0.3 is 10.0 Å². The van der Waals surface area contributed by atoms with Gasteiger partial charge in [0.1, 0.15) is 5.82 Å². The van der Waals surface area contributed by atoms with Gasteiger partial charge in [0.05, 0.1) is 10.8 Å². The maximum absolute atomic E-state index is 11.4. The van der Waals surface area contributed by atoms with Crippen molar-refractivity contribution in [1.82, 2.24) is 9.97 Å². The Morgan fingerprint density at radius 3 is 2.58 bits per heavy atom. The number of aliphatic carboxylic acids is 1. The number of aryl methyl sites for hydroxylation is 1. The first-order valence-corrected chi connectivity index (χ1v) is 8.41. The number of hydrogen-bond acceptors (Lipinski definition) is 6. The number of rotatable bonds is 4. The Balaban J connectivity index is 1.92. The number of carboxylic acids is 1. The molecule has 0 saturated carbocycles. The van der Waals surface area contributed by atoms with Crippen LogP contribution in [0.25, 0.3) is 11.4 Å². The highest BCUT2D eigenvalue weighted by Crippen LogP contribution is 2.28. The zero-order valence-electron chi connectivity index (χ0n) is 14.6. The largest absolute Gasteiger partial charge is 0.481 e. The van der Waals surface area contributed by atoms with E-state index in [2.05, 4.69) is 9.97 Å². The number of benzene rings is 1. The molecule has 0 spiro atoms. The SMILES string of the molecule is Cc1cc(N2CC(C)CC(C(=O)O)C2)nc(-c2ccc([N+](=O)[O-])cc2)n1. The maximum atomic E-state index is 11.4. The minimum atomic E-state index is -0.789. The lowest BCUT2D eigenvalue weighted by atomic mass is 9.90. The molecule has 3 rings (SSSR count). The summed E-state index contributed by atoms with van der Waals surface area (Å²) in [7, 11) is 0. The summed E-state index contributed by atoms with van der Waals surface area (Å²) in [4.78, 5) is 32.7. The predicted molar refractivity (Wildman–Crippen MR) is 96.0 cm³/mol. The van der Waals surface area contributed by atoms with E-state index in [1.54, 1.807) is 12.1 Å². The Kier molecular flexibility index (Phi) is 4.83. The molecular formula is C18H20N4O4. The number of carboxylic acid groups (broad SMARTS) is 1. The fraction of sp³-hybridized carbons (Fsp3) is 0.389. The van der Waals surface area contributed by atoms with Crippen molar-refractivity contribution in [3.8, 4) is 11.4 Å². The summed E-state index contributed by atoms with van der Waals surface area (Å²) in [5.74, 6) is 0.200. The number of anilines is 1. The molecular weight excluding hydrogens is 336 g/mol. The number of nitro groups is 1. The number of nitrogens with zero attached hydrogens (tertiary/aromatic N) is 4. The van der Waals surface area contributed by atoms with Gasteiger partial charge in [-0.3, -0.25) is 14.9 Å². The van der Waals surface area contributed by atoms with E-state index in [9.17, 15) is 20.0 Å². The van der Waals surface area contributed by atoms with Gasteiger partial charge in [-0.2, -0.15) is 0 Å². The van der Waals surface area contributed by atoms with Crippen LogP contribution in [-0.2, 0) is 4.79 Å². The van der Waals surface area contributed by atoms with Crippen LogP contribution in [0.1, 0.15) is 19.0 Å². The molecule has 1 aliphatic rings. The highest BCUT2D eigenvalue weighted by molar-refractivity contribution is 5.71. The molecule has 1 saturated heterocycles. The van der Waals surface area contributed by atoms with Crippen LogP contribution in [0.4, 0.5) is 11.5 Å². The average molecular weight is 356 g/mol. The third kappa shape index (κ3) is 3.79. The summed E-state index contributed by atoms with van der Waals surface area (Å²) in [5.41, 5.74) is 1.45. The summed E-state index contributed by atoms with van der Waals surface area (Å²) in [6.45, 7) is 5.03. The molecule has 1 aliphatic heterocycles.